The maximum Gasteiger partial charge on any atom is 0.285 e. The first-order valence-electron chi connectivity index (χ1n) is 5.93. The number of nitro groups is 1. The molecule has 1 N–H and O–H groups in total. The number of halogens is 2. The number of nitrogens with one attached hydrogen (secondary N) is 1. The molecule has 0 radical (unpaired) electrons. The van der Waals surface area contributed by atoms with Crippen molar-refractivity contribution >= 4 is 38.9 Å². The third kappa shape index (κ3) is 3.49. The van der Waals surface area contributed by atoms with Crippen LogP contribution < -0.4 is 5.32 Å². The maximum atomic E-state index is 10.9. The van der Waals surface area contributed by atoms with Crippen LogP contribution in [0.15, 0.2) is 46.9 Å². The highest BCUT2D eigenvalue weighted by molar-refractivity contribution is 9.10. The van der Waals surface area contributed by atoms with Gasteiger partial charge in [-0.15, -0.1) is 0 Å². The second kappa shape index (κ2) is 6.24. The molecule has 0 spiro atoms. The molecule has 0 bridgehead atoms. The first kappa shape index (κ1) is 14.8. The molecule has 0 aliphatic heterocycles. The Balaban J connectivity index is 2.22. The van der Waals surface area contributed by atoms with Gasteiger partial charge in [0, 0.05) is 22.8 Å². The van der Waals surface area contributed by atoms with Gasteiger partial charge in [-0.25, -0.2) is 0 Å². The van der Waals surface area contributed by atoms with Crippen LogP contribution >= 0.6 is 27.5 Å². The van der Waals surface area contributed by atoms with Crippen LogP contribution in [0.25, 0.3) is 0 Å². The summed E-state index contributed by atoms with van der Waals surface area (Å²) >= 11 is 9.12. The number of nitro benzene ring substituents is 1. The normalized spacial score (nSPS) is 11.9. The predicted octanol–water partition coefficient (Wildman–Crippen LogP) is 5.18. The van der Waals surface area contributed by atoms with Crippen LogP contribution in [0.5, 0.6) is 0 Å². The Labute approximate surface area is 130 Å². The summed E-state index contributed by atoms with van der Waals surface area (Å²) in [6, 6.07) is 12.5. The van der Waals surface area contributed by atoms with Crippen molar-refractivity contribution in [1.82, 2.24) is 0 Å². The van der Waals surface area contributed by atoms with E-state index in [0.717, 1.165) is 5.56 Å². The zero-order valence-electron chi connectivity index (χ0n) is 10.6. The quantitative estimate of drug-likeness (QED) is 0.607. The van der Waals surface area contributed by atoms with Gasteiger partial charge in [0.05, 0.1) is 9.40 Å². The molecule has 0 saturated heterocycles. The summed E-state index contributed by atoms with van der Waals surface area (Å²) in [4.78, 5) is 10.5. The molecular weight excluding hydrogens is 344 g/mol. The molecule has 2 rings (SSSR count). The highest BCUT2D eigenvalue weighted by atomic mass is 79.9. The first-order valence-corrected chi connectivity index (χ1v) is 7.10. The molecule has 0 aromatic heterocycles. The predicted molar refractivity (Wildman–Crippen MR) is 84.3 cm³/mol. The third-order valence-corrected chi connectivity index (χ3v) is 3.78. The van der Waals surface area contributed by atoms with Gasteiger partial charge in [0.1, 0.15) is 0 Å². The van der Waals surface area contributed by atoms with Crippen molar-refractivity contribution in [2.24, 2.45) is 0 Å². The molecule has 0 aliphatic carbocycles. The van der Waals surface area contributed by atoms with Crippen molar-refractivity contribution in [3.05, 3.63) is 67.6 Å². The summed E-state index contributed by atoms with van der Waals surface area (Å²) in [6.07, 6.45) is 0. The highest BCUT2D eigenvalue weighted by Gasteiger charge is 2.13. The van der Waals surface area contributed by atoms with Gasteiger partial charge in [-0.1, -0.05) is 23.7 Å². The average Bonchev–Trinajstić information content (AvgIpc) is 2.40. The van der Waals surface area contributed by atoms with E-state index in [1.807, 2.05) is 31.2 Å². The Kier molecular flexibility index (Phi) is 4.62. The summed E-state index contributed by atoms with van der Waals surface area (Å²) in [5, 5.41) is 14.8. The first-order chi connectivity index (χ1) is 9.47. The molecule has 6 heteroatoms. The van der Waals surface area contributed by atoms with E-state index in [1.54, 1.807) is 12.1 Å². The van der Waals surface area contributed by atoms with Crippen molar-refractivity contribution in [3.8, 4) is 0 Å². The molecule has 4 nitrogen and oxygen atoms in total. The molecule has 0 aliphatic rings. The fourth-order valence-electron chi connectivity index (χ4n) is 1.85. The molecule has 2 aromatic carbocycles. The zero-order valence-corrected chi connectivity index (χ0v) is 13.0. The van der Waals surface area contributed by atoms with Crippen LogP contribution in [0, 0.1) is 10.1 Å². The fraction of sp³-hybridized carbons (Fsp3) is 0.143. The lowest BCUT2D eigenvalue weighted by Crippen LogP contribution is -2.06. The van der Waals surface area contributed by atoms with Crippen LogP contribution in [-0.2, 0) is 0 Å². The van der Waals surface area contributed by atoms with E-state index in [0.29, 0.717) is 15.2 Å². The molecule has 0 heterocycles. The van der Waals surface area contributed by atoms with Gasteiger partial charge in [-0.05, 0) is 52.7 Å². The van der Waals surface area contributed by atoms with Crippen LogP contribution in [0.2, 0.25) is 5.02 Å². The second-order valence-electron chi connectivity index (χ2n) is 4.34. The number of hydrogen-bond acceptors (Lipinski definition) is 3. The van der Waals surface area contributed by atoms with E-state index in [-0.39, 0.29) is 11.7 Å². The Morgan fingerprint density at radius 3 is 2.70 bits per heavy atom. The molecular formula is C14H12BrClN2O2. The average molecular weight is 356 g/mol. The smallest absolute Gasteiger partial charge is 0.285 e. The van der Waals surface area contributed by atoms with Crippen molar-refractivity contribution < 1.29 is 4.92 Å². The van der Waals surface area contributed by atoms with E-state index in [2.05, 4.69) is 21.2 Å². The summed E-state index contributed by atoms with van der Waals surface area (Å²) in [7, 11) is 0. The van der Waals surface area contributed by atoms with E-state index in [9.17, 15) is 10.1 Å². The largest absolute Gasteiger partial charge is 0.378 e. The Bertz CT molecular complexity index is 649. The summed E-state index contributed by atoms with van der Waals surface area (Å²) in [5.74, 6) is 0. The van der Waals surface area contributed by atoms with Gasteiger partial charge < -0.3 is 5.32 Å². The van der Waals surface area contributed by atoms with Crippen molar-refractivity contribution in [2.45, 2.75) is 13.0 Å². The lowest BCUT2D eigenvalue weighted by molar-refractivity contribution is -0.385. The van der Waals surface area contributed by atoms with Gasteiger partial charge in [0.25, 0.3) is 5.69 Å². The van der Waals surface area contributed by atoms with Crippen molar-refractivity contribution in [2.75, 3.05) is 5.32 Å². The summed E-state index contributed by atoms with van der Waals surface area (Å²) in [5.41, 5.74) is 1.74. The van der Waals surface area contributed by atoms with E-state index in [4.69, 9.17) is 11.6 Å². The maximum absolute atomic E-state index is 10.9. The second-order valence-corrected chi connectivity index (χ2v) is 5.64. The topological polar surface area (TPSA) is 55.2 Å². The standard InChI is InChI=1S/C14H12BrClN2O2/c1-9(10-3-2-4-11(16)7-10)17-12-5-6-13(15)14(8-12)18(19)20/h2-9,17H,1H3. The number of rotatable bonds is 4. The molecule has 0 amide bonds. The molecule has 20 heavy (non-hydrogen) atoms. The van der Waals surface area contributed by atoms with Gasteiger partial charge in [0.2, 0.25) is 0 Å². The van der Waals surface area contributed by atoms with Crippen molar-refractivity contribution in [1.29, 1.82) is 0 Å². The Morgan fingerprint density at radius 2 is 2.05 bits per heavy atom. The van der Waals surface area contributed by atoms with E-state index < -0.39 is 4.92 Å². The zero-order chi connectivity index (χ0) is 14.7. The van der Waals surface area contributed by atoms with Crippen LogP contribution in [0.3, 0.4) is 0 Å². The number of benzene rings is 2. The van der Waals surface area contributed by atoms with E-state index in [1.165, 1.54) is 6.07 Å². The number of nitrogens with zero attached hydrogens (tertiary/aromatic N) is 1. The monoisotopic (exact) mass is 354 g/mol. The van der Waals surface area contributed by atoms with Gasteiger partial charge in [0.15, 0.2) is 0 Å². The van der Waals surface area contributed by atoms with E-state index >= 15 is 0 Å². The molecule has 0 saturated carbocycles. The fourth-order valence-corrected chi connectivity index (χ4v) is 2.44. The minimum atomic E-state index is -0.417. The number of anilines is 1. The van der Waals surface area contributed by atoms with Gasteiger partial charge in [-0.3, -0.25) is 10.1 Å². The molecule has 2 aromatic rings. The van der Waals surface area contributed by atoms with Gasteiger partial charge in [-0.2, -0.15) is 0 Å². The SMILES string of the molecule is CC(Nc1ccc(Br)c([N+](=O)[O-])c1)c1cccc(Cl)c1. The van der Waals surface area contributed by atoms with Crippen LogP contribution in [-0.4, -0.2) is 4.92 Å². The van der Waals surface area contributed by atoms with Crippen LogP contribution in [0.1, 0.15) is 18.5 Å². The lowest BCUT2D eigenvalue weighted by atomic mass is 10.1. The Hall–Kier alpha value is -1.59. The van der Waals surface area contributed by atoms with Crippen LogP contribution in [0.4, 0.5) is 11.4 Å². The molecule has 1 unspecified atom stereocenters. The molecule has 1 atom stereocenters. The minimum absolute atomic E-state index is 0.00511. The minimum Gasteiger partial charge on any atom is -0.378 e. The molecule has 104 valence electrons. The lowest BCUT2D eigenvalue weighted by Gasteiger charge is -2.16. The highest BCUT2D eigenvalue weighted by Crippen LogP contribution is 2.30. The van der Waals surface area contributed by atoms with Crippen molar-refractivity contribution in [3.63, 3.8) is 0 Å². The van der Waals surface area contributed by atoms with Gasteiger partial charge >= 0.3 is 0 Å². The summed E-state index contributed by atoms with van der Waals surface area (Å²) < 4.78 is 0.462. The summed E-state index contributed by atoms with van der Waals surface area (Å²) in [6.45, 7) is 1.97. The third-order valence-electron chi connectivity index (χ3n) is 2.87. The number of hydrogen-bond donors (Lipinski definition) is 1. The molecule has 0 fully saturated rings. The Morgan fingerprint density at radius 1 is 1.30 bits per heavy atom.